The van der Waals surface area contributed by atoms with Crippen molar-refractivity contribution in [2.45, 2.75) is 12.0 Å². The first kappa shape index (κ1) is 18.3. The maximum atomic E-state index is 12.1. The molecule has 1 aliphatic heterocycles. The number of carbonyl (C=O) groups excluding carboxylic acids is 1. The molecule has 0 aliphatic carbocycles. The van der Waals surface area contributed by atoms with Gasteiger partial charge in [-0.3, -0.25) is 4.79 Å². The molecule has 1 heterocycles. The fourth-order valence-corrected chi connectivity index (χ4v) is 4.47. The minimum absolute atomic E-state index is 0.104. The van der Waals surface area contributed by atoms with E-state index in [1.54, 1.807) is 23.5 Å². The maximum absolute atomic E-state index is 12.1. The highest BCUT2D eigenvalue weighted by Crippen LogP contribution is 2.25. The van der Waals surface area contributed by atoms with Crippen LogP contribution in [0, 0.1) is 0 Å². The van der Waals surface area contributed by atoms with Crippen molar-refractivity contribution >= 4 is 29.4 Å². The monoisotopic (exact) mass is 367 g/mol. The van der Waals surface area contributed by atoms with Gasteiger partial charge in [0.1, 0.15) is 5.75 Å². The Kier molecular flexibility index (Phi) is 6.10. The highest BCUT2D eigenvalue weighted by Gasteiger charge is 2.31. The topological polar surface area (TPSA) is 58.6 Å². The Morgan fingerprint density at radius 1 is 1.22 bits per heavy atom. The van der Waals surface area contributed by atoms with Gasteiger partial charge in [-0.05, 0) is 24.3 Å². The van der Waals surface area contributed by atoms with Gasteiger partial charge in [0.05, 0.1) is 5.60 Å². The third-order valence-electron chi connectivity index (χ3n) is 3.04. The van der Waals surface area contributed by atoms with Crippen molar-refractivity contribution in [3.63, 3.8) is 0 Å². The van der Waals surface area contributed by atoms with E-state index in [4.69, 9.17) is 0 Å². The quantitative estimate of drug-likeness (QED) is 0.857. The molecule has 128 valence electrons. The van der Waals surface area contributed by atoms with Gasteiger partial charge in [-0.2, -0.15) is 23.5 Å². The average molecular weight is 367 g/mol. The van der Waals surface area contributed by atoms with Gasteiger partial charge in [0.15, 0.2) is 0 Å². The summed E-state index contributed by atoms with van der Waals surface area (Å²) in [7, 11) is 0. The Morgan fingerprint density at radius 3 is 2.30 bits per heavy atom. The summed E-state index contributed by atoms with van der Waals surface area (Å²) in [6.45, 7) is 0.104. The lowest BCUT2D eigenvalue weighted by molar-refractivity contribution is -0.274. The summed E-state index contributed by atoms with van der Waals surface area (Å²) >= 11 is 3.26. The van der Waals surface area contributed by atoms with Crippen molar-refractivity contribution in [1.82, 2.24) is 5.32 Å². The summed E-state index contributed by atoms with van der Waals surface area (Å²) in [4.78, 5) is 12.0. The highest BCUT2D eigenvalue weighted by molar-refractivity contribution is 8.03. The largest absolute Gasteiger partial charge is 0.573 e. The van der Waals surface area contributed by atoms with Crippen LogP contribution in [0.4, 0.5) is 13.2 Å². The second-order valence-corrected chi connectivity index (χ2v) is 7.29. The van der Waals surface area contributed by atoms with Crippen LogP contribution in [0.15, 0.2) is 24.3 Å². The maximum Gasteiger partial charge on any atom is 0.573 e. The van der Waals surface area contributed by atoms with Gasteiger partial charge in [0.25, 0.3) is 5.91 Å². The van der Waals surface area contributed by atoms with E-state index in [0.29, 0.717) is 11.5 Å². The highest BCUT2D eigenvalue weighted by atomic mass is 32.2. The van der Waals surface area contributed by atoms with Gasteiger partial charge in [-0.1, -0.05) is 0 Å². The number of alkyl halides is 3. The molecule has 1 aromatic carbocycles. The lowest BCUT2D eigenvalue weighted by Gasteiger charge is -2.25. The molecule has 0 radical (unpaired) electrons. The van der Waals surface area contributed by atoms with Crippen LogP contribution in [0.2, 0.25) is 0 Å². The van der Waals surface area contributed by atoms with E-state index < -0.39 is 17.9 Å². The number of amides is 1. The molecule has 2 N–H and O–H groups in total. The van der Waals surface area contributed by atoms with E-state index in [2.05, 4.69) is 10.1 Å². The smallest absolute Gasteiger partial charge is 0.406 e. The molecule has 0 spiro atoms. The van der Waals surface area contributed by atoms with Gasteiger partial charge < -0.3 is 15.2 Å². The molecular formula is C14H16F3NO3S2. The van der Waals surface area contributed by atoms with E-state index in [0.717, 1.165) is 23.6 Å². The molecule has 2 rings (SSSR count). The van der Waals surface area contributed by atoms with Crippen molar-refractivity contribution in [3.05, 3.63) is 29.8 Å². The number of ether oxygens (including phenoxy) is 1. The van der Waals surface area contributed by atoms with Gasteiger partial charge in [-0.25, -0.2) is 0 Å². The van der Waals surface area contributed by atoms with Crippen LogP contribution in [-0.2, 0) is 0 Å². The zero-order valence-corrected chi connectivity index (χ0v) is 13.7. The number of benzene rings is 1. The third-order valence-corrected chi connectivity index (χ3v) is 5.77. The molecule has 0 bridgehead atoms. The predicted molar refractivity (Wildman–Crippen MR) is 85.1 cm³/mol. The van der Waals surface area contributed by atoms with Crippen molar-refractivity contribution in [1.29, 1.82) is 0 Å². The van der Waals surface area contributed by atoms with Gasteiger partial charge in [0.2, 0.25) is 0 Å². The SMILES string of the molecule is O=C(NCC1(O)CSCCSC1)c1ccc(OC(F)(F)F)cc1. The van der Waals surface area contributed by atoms with E-state index in [-0.39, 0.29) is 17.9 Å². The van der Waals surface area contributed by atoms with E-state index >= 15 is 0 Å². The van der Waals surface area contributed by atoms with Crippen molar-refractivity contribution in [2.24, 2.45) is 0 Å². The number of thioether (sulfide) groups is 2. The van der Waals surface area contributed by atoms with E-state index in [9.17, 15) is 23.1 Å². The van der Waals surface area contributed by atoms with Gasteiger partial charge in [0, 0.05) is 35.1 Å². The molecule has 1 aromatic rings. The number of hydrogen-bond acceptors (Lipinski definition) is 5. The minimum Gasteiger partial charge on any atom is -0.406 e. The van der Waals surface area contributed by atoms with Crippen molar-refractivity contribution < 1.29 is 27.8 Å². The Hall–Kier alpha value is -1.06. The van der Waals surface area contributed by atoms with E-state index in [1.807, 2.05) is 0 Å². The molecular weight excluding hydrogens is 351 g/mol. The summed E-state index contributed by atoms with van der Waals surface area (Å²) in [5, 5.41) is 13.0. The first-order valence-corrected chi connectivity index (χ1v) is 9.10. The van der Waals surface area contributed by atoms with Crippen LogP contribution in [-0.4, -0.2) is 52.5 Å². The summed E-state index contributed by atoms with van der Waals surface area (Å²) in [5.74, 6) is 2.17. The summed E-state index contributed by atoms with van der Waals surface area (Å²) in [6.07, 6.45) is -4.76. The van der Waals surface area contributed by atoms with Gasteiger partial charge in [-0.15, -0.1) is 13.2 Å². The van der Waals surface area contributed by atoms with Crippen LogP contribution in [0.5, 0.6) is 5.75 Å². The molecule has 0 atom stereocenters. The van der Waals surface area contributed by atoms with Crippen LogP contribution in [0.25, 0.3) is 0 Å². The first-order valence-electron chi connectivity index (χ1n) is 6.79. The fourth-order valence-electron chi connectivity index (χ4n) is 1.94. The van der Waals surface area contributed by atoms with Crippen LogP contribution >= 0.6 is 23.5 Å². The Bertz CT molecular complexity index is 529. The lowest BCUT2D eigenvalue weighted by Crippen LogP contribution is -2.46. The molecule has 1 saturated heterocycles. The van der Waals surface area contributed by atoms with Crippen molar-refractivity contribution in [3.8, 4) is 5.75 Å². The minimum atomic E-state index is -4.76. The summed E-state index contributed by atoms with van der Waals surface area (Å²) < 4.78 is 40.0. The number of halogens is 3. The molecule has 0 saturated carbocycles. The first-order chi connectivity index (χ1) is 10.8. The second kappa shape index (κ2) is 7.67. The zero-order valence-electron chi connectivity index (χ0n) is 12.1. The zero-order chi connectivity index (χ0) is 16.9. The van der Waals surface area contributed by atoms with Crippen molar-refractivity contribution in [2.75, 3.05) is 29.6 Å². The summed E-state index contributed by atoms with van der Waals surface area (Å²) in [5.41, 5.74) is -0.766. The van der Waals surface area contributed by atoms with E-state index in [1.165, 1.54) is 12.1 Å². The fraction of sp³-hybridized carbons (Fsp3) is 0.500. The second-order valence-electron chi connectivity index (χ2n) is 5.08. The number of aliphatic hydroxyl groups is 1. The number of carbonyl (C=O) groups is 1. The number of nitrogens with one attached hydrogen (secondary N) is 1. The standard InChI is InChI=1S/C14H16F3NO3S2/c15-14(16,17)21-11-3-1-10(2-4-11)12(19)18-7-13(20)8-22-5-6-23-9-13/h1-4,20H,5-9H2,(H,18,19). The molecule has 9 heteroatoms. The molecule has 1 fully saturated rings. The predicted octanol–water partition coefficient (Wildman–Crippen LogP) is 2.53. The average Bonchev–Trinajstić information content (AvgIpc) is 2.69. The third kappa shape index (κ3) is 6.15. The number of rotatable bonds is 4. The number of hydrogen-bond donors (Lipinski definition) is 2. The van der Waals surface area contributed by atoms with Gasteiger partial charge >= 0.3 is 6.36 Å². The van der Waals surface area contributed by atoms with Crippen LogP contribution in [0.1, 0.15) is 10.4 Å². The normalized spacial score (nSPS) is 18.1. The summed E-state index contributed by atoms with van der Waals surface area (Å²) in [6, 6.07) is 4.65. The molecule has 0 aromatic heterocycles. The molecule has 1 aliphatic rings. The Labute approximate surface area is 140 Å². The Morgan fingerprint density at radius 2 is 1.78 bits per heavy atom. The molecule has 1 amide bonds. The lowest BCUT2D eigenvalue weighted by atomic mass is 10.1. The molecule has 23 heavy (non-hydrogen) atoms. The Balaban J connectivity index is 1.90. The van der Waals surface area contributed by atoms with Crippen LogP contribution in [0.3, 0.4) is 0 Å². The van der Waals surface area contributed by atoms with Crippen LogP contribution < -0.4 is 10.1 Å². The molecule has 0 unspecified atom stereocenters. The molecule has 4 nitrogen and oxygen atoms in total.